The van der Waals surface area contributed by atoms with Crippen LogP contribution in [0.4, 0.5) is 5.69 Å². The van der Waals surface area contributed by atoms with E-state index in [0.717, 1.165) is 11.8 Å². The Balaban J connectivity index is 2.49. The van der Waals surface area contributed by atoms with E-state index in [1.165, 1.54) is 20.3 Å². The summed E-state index contributed by atoms with van der Waals surface area (Å²) in [5.74, 6) is -0.372. The van der Waals surface area contributed by atoms with Crippen LogP contribution in [0.2, 0.25) is 0 Å². The number of rotatable bonds is 7. The van der Waals surface area contributed by atoms with Gasteiger partial charge in [0.15, 0.2) is 6.10 Å². The van der Waals surface area contributed by atoms with Gasteiger partial charge in [-0.1, -0.05) is 30.3 Å². The third kappa shape index (κ3) is 4.28. The lowest BCUT2D eigenvalue weighted by atomic mass is 10.1. The maximum absolute atomic E-state index is 11.9. The van der Waals surface area contributed by atoms with E-state index >= 15 is 0 Å². The molecule has 2 unspecified atom stereocenters. The van der Waals surface area contributed by atoms with Gasteiger partial charge in [-0.25, -0.2) is 4.79 Å². The molecule has 2 rings (SSSR count). The number of esters is 1. The fourth-order valence-corrected chi connectivity index (χ4v) is 3.54. The van der Waals surface area contributed by atoms with Crippen molar-refractivity contribution in [3.63, 3.8) is 0 Å². The maximum atomic E-state index is 11.9. The molecule has 2 aromatic rings. The van der Waals surface area contributed by atoms with Gasteiger partial charge >= 0.3 is 5.97 Å². The van der Waals surface area contributed by atoms with Crippen molar-refractivity contribution in [3.05, 3.63) is 64.2 Å². The maximum Gasteiger partial charge on any atom is 0.336 e. The number of ether oxygens (including phenoxy) is 2. The number of methoxy groups -OCH3 is 2. The summed E-state index contributed by atoms with van der Waals surface area (Å²) in [4.78, 5) is 22.9. The number of thioether (sulfide) groups is 1. The topological polar surface area (TPSA) is 98.9 Å². The number of carbonyl (C=O) groups is 1. The minimum atomic E-state index is -1.52. The van der Waals surface area contributed by atoms with Crippen LogP contribution in [-0.4, -0.2) is 36.3 Å². The van der Waals surface area contributed by atoms with Crippen LogP contribution in [0.5, 0.6) is 5.75 Å². The average molecular weight is 363 g/mol. The number of aliphatic hydroxyl groups excluding tert-OH is 1. The first-order valence-electron chi connectivity index (χ1n) is 7.28. The van der Waals surface area contributed by atoms with E-state index < -0.39 is 22.2 Å². The first kappa shape index (κ1) is 18.8. The quantitative estimate of drug-likeness (QED) is 0.349. The Morgan fingerprint density at radius 1 is 1.16 bits per heavy atom. The molecule has 0 bridgehead atoms. The molecule has 132 valence electrons. The summed E-state index contributed by atoms with van der Waals surface area (Å²) < 4.78 is 9.92. The molecule has 0 radical (unpaired) electrons. The molecule has 8 heteroatoms. The molecule has 1 N–H and O–H groups in total. The summed E-state index contributed by atoms with van der Waals surface area (Å²) in [6, 6.07) is 13.0. The van der Waals surface area contributed by atoms with E-state index in [-0.39, 0.29) is 5.69 Å². The predicted molar refractivity (Wildman–Crippen MR) is 92.7 cm³/mol. The zero-order valence-electron chi connectivity index (χ0n) is 13.6. The molecule has 0 spiro atoms. The molecular weight excluding hydrogens is 346 g/mol. The van der Waals surface area contributed by atoms with Gasteiger partial charge in [-0.3, -0.25) is 10.1 Å². The van der Waals surface area contributed by atoms with E-state index in [0.29, 0.717) is 16.2 Å². The summed E-state index contributed by atoms with van der Waals surface area (Å²) in [6.07, 6.45) is -1.52. The Bertz CT molecular complexity index is 766. The molecule has 0 saturated heterocycles. The van der Waals surface area contributed by atoms with E-state index in [4.69, 9.17) is 4.74 Å². The molecule has 0 aliphatic rings. The van der Waals surface area contributed by atoms with Gasteiger partial charge in [0.1, 0.15) is 5.75 Å². The fraction of sp³-hybridized carbons (Fsp3) is 0.235. The monoisotopic (exact) mass is 363 g/mol. The molecule has 0 aromatic heterocycles. The normalized spacial score (nSPS) is 12.9. The van der Waals surface area contributed by atoms with E-state index in [9.17, 15) is 20.0 Å². The highest BCUT2D eigenvalue weighted by Crippen LogP contribution is 2.44. The summed E-state index contributed by atoms with van der Waals surface area (Å²) in [7, 11) is 2.64. The van der Waals surface area contributed by atoms with Gasteiger partial charge < -0.3 is 14.6 Å². The van der Waals surface area contributed by atoms with Crippen LogP contribution in [0, 0.1) is 10.1 Å². The Labute approximate surface area is 148 Å². The molecule has 0 aliphatic carbocycles. The molecule has 0 aliphatic heterocycles. The zero-order chi connectivity index (χ0) is 18.4. The van der Waals surface area contributed by atoms with Gasteiger partial charge in [-0.2, -0.15) is 0 Å². The van der Waals surface area contributed by atoms with Crippen molar-refractivity contribution >= 4 is 23.4 Å². The second-order valence-electron chi connectivity index (χ2n) is 4.97. The molecule has 2 aromatic carbocycles. The largest absolute Gasteiger partial charge is 0.496 e. The lowest BCUT2D eigenvalue weighted by molar-refractivity contribution is -0.387. The number of carbonyl (C=O) groups excluding carboxylic acids is 1. The molecule has 7 nitrogen and oxygen atoms in total. The Kier molecular flexibility index (Phi) is 6.37. The molecule has 0 heterocycles. The summed E-state index contributed by atoms with van der Waals surface area (Å²) in [5, 5.41) is 20.8. The molecule has 0 fully saturated rings. The smallest absolute Gasteiger partial charge is 0.336 e. The summed E-state index contributed by atoms with van der Waals surface area (Å²) in [6.45, 7) is 0. The molecule has 0 amide bonds. The van der Waals surface area contributed by atoms with Gasteiger partial charge in [0, 0.05) is 11.6 Å². The molecule has 0 saturated carbocycles. The number of nitro benzene ring substituents is 1. The Morgan fingerprint density at radius 2 is 1.80 bits per heavy atom. The van der Waals surface area contributed by atoms with Crippen LogP contribution < -0.4 is 4.74 Å². The van der Waals surface area contributed by atoms with Crippen LogP contribution in [0.15, 0.2) is 53.4 Å². The van der Waals surface area contributed by atoms with Crippen LogP contribution in [-0.2, 0) is 9.53 Å². The predicted octanol–water partition coefficient (Wildman–Crippen LogP) is 2.97. The number of hydrogen-bond acceptors (Lipinski definition) is 7. The first-order chi connectivity index (χ1) is 12.0. The number of aliphatic hydroxyl groups is 1. The van der Waals surface area contributed by atoms with Crippen LogP contribution in [0.3, 0.4) is 0 Å². The van der Waals surface area contributed by atoms with Crippen molar-refractivity contribution in [3.8, 4) is 5.75 Å². The third-order valence-electron chi connectivity index (χ3n) is 3.49. The van der Waals surface area contributed by atoms with Crippen molar-refractivity contribution in [2.24, 2.45) is 0 Å². The molecular formula is C17H17NO6S. The molecule has 25 heavy (non-hydrogen) atoms. The first-order valence-corrected chi connectivity index (χ1v) is 8.16. The highest BCUT2D eigenvalue weighted by Gasteiger charge is 2.33. The zero-order valence-corrected chi connectivity index (χ0v) is 14.4. The second kappa shape index (κ2) is 8.50. The lowest BCUT2D eigenvalue weighted by Gasteiger charge is -2.23. The van der Waals surface area contributed by atoms with Crippen molar-refractivity contribution in [1.29, 1.82) is 0 Å². The van der Waals surface area contributed by atoms with Crippen LogP contribution in [0.25, 0.3) is 0 Å². The average Bonchev–Trinajstić information content (AvgIpc) is 2.65. The minimum Gasteiger partial charge on any atom is -0.496 e. The van der Waals surface area contributed by atoms with Crippen LogP contribution >= 0.6 is 11.8 Å². The number of nitrogens with zero attached hydrogens (tertiary/aromatic N) is 1. The van der Waals surface area contributed by atoms with Crippen molar-refractivity contribution < 1.29 is 24.3 Å². The number of nitro groups is 1. The highest BCUT2D eigenvalue weighted by molar-refractivity contribution is 7.99. The highest BCUT2D eigenvalue weighted by atomic mass is 32.2. The van der Waals surface area contributed by atoms with Crippen molar-refractivity contribution in [1.82, 2.24) is 0 Å². The summed E-state index contributed by atoms with van der Waals surface area (Å²) >= 11 is 1.01. The van der Waals surface area contributed by atoms with Crippen molar-refractivity contribution in [2.45, 2.75) is 16.2 Å². The number of hydrogen-bond donors (Lipinski definition) is 1. The standard InChI is InChI=1S/C17H17NO6S/c1-23-13-9-5-3-7-11(13)16(15(19)17(20)24-2)25-14-10-6-4-8-12(14)18(21)22/h3-10,15-16,19H,1-2H3. The second-order valence-corrected chi connectivity index (χ2v) is 6.16. The fourth-order valence-electron chi connectivity index (χ4n) is 2.29. The Hall–Kier alpha value is -2.58. The van der Waals surface area contributed by atoms with Gasteiger partial charge in [0.25, 0.3) is 5.69 Å². The van der Waals surface area contributed by atoms with E-state index in [1.54, 1.807) is 42.5 Å². The van der Waals surface area contributed by atoms with Gasteiger partial charge in [0.05, 0.1) is 29.3 Å². The van der Waals surface area contributed by atoms with Gasteiger partial charge in [-0.15, -0.1) is 11.8 Å². The Morgan fingerprint density at radius 3 is 2.44 bits per heavy atom. The van der Waals surface area contributed by atoms with E-state index in [2.05, 4.69) is 4.74 Å². The number of para-hydroxylation sites is 2. The SMILES string of the molecule is COC(=O)C(O)C(Sc1ccccc1[N+](=O)[O-])c1ccccc1OC. The number of benzene rings is 2. The third-order valence-corrected chi connectivity index (χ3v) is 4.86. The molecule has 2 atom stereocenters. The minimum absolute atomic E-state index is 0.107. The lowest BCUT2D eigenvalue weighted by Crippen LogP contribution is -2.27. The van der Waals surface area contributed by atoms with Crippen LogP contribution in [0.1, 0.15) is 10.8 Å². The van der Waals surface area contributed by atoms with Gasteiger partial charge in [-0.05, 0) is 12.1 Å². The van der Waals surface area contributed by atoms with E-state index in [1.807, 2.05) is 0 Å². The van der Waals surface area contributed by atoms with Crippen molar-refractivity contribution in [2.75, 3.05) is 14.2 Å². The summed E-state index contributed by atoms with van der Waals surface area (Å²) in [5.41, 5.74) is 0.426. The van der Waals surface area contributed by atoms with Gasteiger partial charge in [0.2, 0.25) is 0 Å².